The molecule has 0 unspecified atom stereocenters. The van der Waals surface area contributed by atoms with E-state index in [4.69, 9.17) is 11.6 Å². The molecule has 1 aromatic rings. The Labute approximate surface area is 94.5 Å². The molecular weight excluding hydrogens is 269 g/mol. The summed E-state index contributed by atoms with van der Waals surface area (Å²) in [6.07, 6.45) is 0. The second-order valence-corrected chi connectivity index (χ2v) is 3.95. The van der Waals surface area contributed by atoms with Crippen LogP contribution in [0.15, 0.2) is 23.2 Å². The highest BCUT2D eigenvalue weighted by atomic mass is 79.9. The van der Waals surface area contributed by atoms with Crippen LogP contribution in [0.2, 0.25) is 5.15 Å². The summed E-state index contributed by atoms with van der Waals surface area (Å²) in [5.74, 6) is -0.310. The lowest BCUT2D eigenvalue weighted by Crippen LogP contribution is -2.25. The third-order valence-electron chi connectivity index (χ3n) is 1.31. The molecule has 0 aliphatic carbocycles. The molecule has 0 saturated carbocycles. The van der Waals surface area contributed by atoms with Crippen molar-refractivity contribution in [3.8, 4) is 0 Å². The van der Waals surface area contributed by atoms with E-state index >= 15 is 0 Å². The van der Waals surface area contributed by atoms with Gasteiger partial charge in [0.2, 0.25) is 0 Å². The minimum atomic E-state index is -0.310. The molecule has 1 heterocycles. The Morgan fingerprint density at radius 1 is 1.57 bits per heavy atom. The van der Waals surface area contributed by atoms with Crippen LogP contribution < -0.4 is 5.32 Å². The second-order valence-electron chi connectivity index (χ2n) is 2.44. The van der Waals surface area contributed by atoms with Gasteiger partial charge in [-0.3, -0.25) is 4.79 Å². The van der Waals surface area contributed by atoms with Gasteiger partial charge >= 0.3 is 0 Å². The topological polar surface area (TPSA) is 54.9 Å². The number of hydrogen-bond donors (Lipinski definition) is 1. The van der Waals surface area contributed by atoms with Crippen LogP contribution in [0.4, 0.5) is 0 Å². The van der Waals surface area contributed by atoms with E-state index in [2.05, 4.69) is 38.0 Å². The first-order valence-corrected chi connectivity index (χ1v) is 4.87. The fourth-order valence-electron chi connectivity index (χ4n) is 0.704. The van der Waals surface area contributed by atoms with E-state index < -0.39 is 0 Å². The zero-order chi connectivity index (χ0) is 10.6. The molecule has 0 aromatic carbocycles. The van der Waals surface area contributed by atoms with Crippen LogP contribution in [-0.2, 0) is 0 Å². The van der Waals surface area contributed by atoms with Crippen molar-refractivity contribution < 1.29 is 4.79 Å². The summed E-state index contributed by atoms with van der Waals surface area (Å²) >= 11 is 8.64. The van der Waals surface area contributed by atoms with E-state index in [1.165, 1.54) is 12.1 Å². The van der Waals surface area contributed by atoms with Gasteiger partial charge in [0.25, 0.3) is 5.91 Å². The van der Waals surface area contributed by atoms with Gasteiger partial charge < -0.3 is 5.32 Å². The Balaban J connectivity index is 2.61. The second kappa shape index (κ2) is 5.07. The molecule has 1 rings (SSSR count). The zero-order valence-corrected chi connectivity index (χ0v) is 9.47. The third kappa shape index (κ3) is 3.43. The largest absolute Gasteiger partial charge is 0.346 e. The van der Waals surface area contributed by atoms with E-state index in [0.29, 0.717) is 11.0 Å². The molecule has 1 N–H and O–H groups in total. The van der Waals surface area contributed by atoms with Crippen LogP contribution in [0.25, 0.3) is 0 Å². The predicted molar refractivity (Wildman–Crippen MR) is 57.4 cm³/mol. The van der Waals surface area contributed by atoms with Crippen molar-refractivity contribution in [1.29, 1.82) is 0 Å². The van der Waals surface area contributed by atoms with Crippen LogP contribution in [0, 0.1) is 0 Å². The van der Waals surface area contributed by atoms with Crippen molar-refractivity contribution in [3.05, 3.63) is 34.0 Å². The quantitative estimate of drug-likeness (QED) is 0.915. The van der Waals surface area contributed by atoms with E-state index in [1.807, 2.05) is 0 Å². The lowest BCUT2D eigenvalue weighted by molar-refractivity contribution is 0.0952. The summed E-state index contributed by atoms with van der Waals surface area (Å²) in [7, 11) is 0. The molecule has 6 heteroatoms. The van der Waals surface area contributed by atoms with Gasteiger partial charge in [0.1, 0.15) is 0 Å². The Hall–Kier alpha value is -0.940. The molecule has 14 heavy (non-hydrogen) atoms. The van der Waals surface area contributed by atoms with Crippen molar-refractivity contribution in [3.63, 3.8) is 0 Å². The number of aromatic nitrogens is 2. The van der Waals surface area contributed by atoms with Crippen molar-refractivity contribution in [2.45, 2.75) is 0 Å². The number of carbonyl (C=O) groups is 1. The monoisotopic (exact) mass is 275 g/mol. The number of halogens is 2. The van der Waals surface area contributed by atoms with Crippen molar-refractivity contribution >= 4 is 33.4 Å². The molecule has 74 valence electrons. The molecule has 1 amide bonds. The van der Waals surface area contributed by atoms with Gasteiger partial charge in [0.15, 0.2) is 10.8 Å². The zero-order valence-electron chi connectivity index (χ0n) is 7.13. The highest BCUT2D eigenvalue weighted by molar-refractivity contribution is 9.11. The first-order chi connectivity index (χ1) is 6.59. The van der Waals surface area contributed by atoms with Gasteiger partial charge in [-0.15, -0.1) is 10.2 Å². The van der Waals surface area contributed by atoms with E-state index in [9.17, 15) is 4.79 Å². The van der Waals surface area contributed by atoms with E-state index in [1.54, 1.807) is 0 Å². The van der Waals surface area contributed by atoms with Crippen LogP contribution in [0.1, 0.15) is 10.5 Å². The molecule has 4 nitrogen and oxygen atoms in total. The normalized spacial score (nSPS) is 9.57. The lowest BCUT2D eigenvalue weighted by Gasteiger charge is -2.01. The molecular formula is C8H7BrClN3O. The first-order valence-electron chi connectivity index (χ1n) is 3.70. The van der Waals surface area contributed by atoms with Crippen molar-refractivity contribution in [2.75, 3.05) is 6.54 Å². The molecule has 0 saturated heterocycles. The minimum Gasteiger partial charge on any atom is -0.346 e. The highest BCUT2D eigenvalue weighted by Gasteiger charge is 2.06. The standard InChI is InChI=1S/C8H7BrClN3O/c1-5(9)4-11-8(14)6-2-3-7(10)13-12-6/h2-3H,1,4H2,(H,11,14). The molecule has 0 fully saturated rings. The van der Waals surface area contributed by atoms with E-state index in [0.717, 1.165) is 0 Å². The molecule has 0 radical (unpaired) electrons. The Morgan fingerprint density at radius 3 is 2.79 bits per heavy atom. The van der Waals surface area contributed by atoms with Gasteiger partial charge in [0, 0.05) is 11.0 Å². The maximum Gasteiger partial charge on any atom is 0.272 e. The Bertz CT molecular complexity index is 352. The summed E-state index contributed by atoms with van der Waals surface area (Å²) < 4.78 is 0.688. The Kier molecular flexibility index (Phi) is 4.03. The van der Waals surface area contributed by atoms with Crippen molar-refractivity contribution in [2.24, 2.45) is 0 Å². The van der Waals surface area contributed by atoms with Gasteiger partial charge in [0.05, 0.1) is 0 Å². The van der Waals surface area contributed by atoms with Gasteiger partial charge in [-0.05, 0) is 12.1 Å². The fraction of sp³-hybridized carbons (Fsp3) is 0.125. The average Bonchev–Trinajstić information content (AvgIpc) is 2.15. The number of rotatable bonds is 3. The summed E-state index contributed by atoms with van der Waals surface area (Å²) in [4.78, 5) is 11.3. The predicted octanol–water partition coefficient (Wildman–Crippen LogP) is 1.77. The molecule has 1 aromatic heterocycles. The van der Waals surface area contributed by atoms with Crippen LogP contribution in [-0.4, -0.2) is 22.6 Å². The Morgan fingerprint density at radius 2 is 2.29 bits per heavy atom. The molecule has 0 bridgehead atoms. The number of amides is 1. The van der Waals surface area contributed by atoms with Crippen molar-refractivity contribution in [1.82, 2.24) is 15.5 Å². The van der Waals surface area contributed by atoms with Crippen LogP contribution in [0.5, 0.6) is 0 Å². The molecule has 0 aliphatic heterocycles. The average molecular weight is 277 g/mol. The summed E-state index contributed by atoms with van der Waals surface area (Å²) in [5, 5.41) is 10.0. The summed E-state index contributed by atoms with van der Waals surface area (Å²) in [6.45, 7) is 3.93. The minimum absolute atomic E-state index is 0.225. The number of nitrogens with one attached hydrogen (secondary N) is 1. The first kappa shape index (κ1) is 11.1. The molecule has 0 spiro atoms. The number of nitrogens with zero attached hydrogens (tertiary/aromatic N) is 2. The maximum atomic E-state index is 11.3. The third-order valence-corrected chi connectivity index (χ3v) is 1.79. The number of carbonyl (C=O) groups excluding carboxylic acids is 1. The maximum absolute atomic E-state index is 11.3. The smallest absolute Gasteiger partial charge is 0.272 e. The summed E-state index contributed by atoms with van der Waals surface area (Å²) in [5.41, 5.74) is 0.225. The summed E-state index contributed by atoms with van der Waals surface area (Å²) in [6, 6.07) is 3.01. The number of hydrogen-bond acceptors (Lipinski definition) is 3. The lowest BCUT2D eigenvalue weighted by atomic mass is 10.3. The van der Waals surface area contributed by atoms with Gasteiger partial charge in [-0.2, -0.15) is 0 Å². The van der Waals surface area contributed by atoms with Crippen LogP contribution >= 0.6 is 27.5 Å². The van der Waals surface area contributed by atoms with Gasteiger partial charge in [-0.25, -0.2) is 0 Å². The molecule has 0 atom stereocenters. The van der Waals surface area contributed by atoms with Gasteiger partial charge in [-0.1, -0.05) is 34.1 Å². The van der Waals surface area contributed by atoms with E-state index in [-0.39, 0.29) is 16.8 Å². The molecule has 0 aliphatic rings. The fourth-order valence-corrected chi connectivity index (χ4v) is 0.945. The highest BCUT2D eigenvalue weighted by Crippen LogP contribution is 2.02. The van der Waals surface area contributed by atoms with Crippen LogP contribution in [0.3, 0.4) is 0 Å². The SMILES string of the molecule is C=C(Br)CNC(=O)c1ccc(Cl)nn1.